The van der Waals surface area contributed by atoms with Crippen LogP contribution in [0, 0.1) is 15.5 Å². The molecule has 0 saturated carbocycles. The molecule has 0 aliphatic rings. The lowest BCUT2D eigenvalue weighted by Gasteiger charge is -2.23. The van der Waals surface area contributed by atoms with Gasteiger partial charge in [0.2, 0.25) is 5.82 Å². The fraction of sp³-hybridized carbons (Fsp3) is 0.545. The summed E-state index contributed by atoms with van der Waals surface area (Å²) < 4.78 is 0. The molecule has 6 heteroatoms. The second-order valence-electron chi connectivity index (χ2n) is 4.62. The van der Waals surface area contributed by atoms with Crippen molar-refractivity contribution in [1.82, 2.24) is 4.98 Å². The minimum Gasteiger partial charge on any atom is -0.396 e. The van der Waals surface area contributed by atoms with Crippen molar-refractivity contribution in [3.05, 3.63) is 28.4 Å². The van der Waals surface area contributed by atoms with Gasteiger partial charge in [-0.1, -0.05) is 13.8 Å². The summed E-state index contributed by atoms with van der Waals surface area (Å²) in [7, 11) is 0. The first-order chi connectivity index (χ1) is 7.96. The first kappa shape index (κ1) is 13.4. The van der Waals surface area contributed by atoms with Gasteiger partial charge in [0.05, 0.1) is 4.92 Å². The van der Waals surface area contributed by atoms with Crippen LogP contribution in [0.1, 0.15) is 20.3 Å². The number of nitrogens with zero attached hydrogens (tertiary/aromatic N) is 2. The summed E-state index contributed by atoms with van der Waals surface area (Å²) in [6, 6.07) is 2.94. The third-order valence-corrected chi connectivity index (χ3v) is 2.51. The van der Waals surface area contributed by atoms with Crippen molar-refractivity contribution in [3.8, 4) is 0 Å². The largest absolute Gasteiger partial charge is 0.396 e. The maximum atomic E-state index is 10.8. The molecule has 1 aromatic rings. The molecule has 94 valence electrons. The zero-order valence-corrected chi connectivity index (χ0v) is 10.0. The van der Waals surface area contributed by atoms with Crippen molar-refractivity contribution >= 4 is 11.5 Å². The van der Waals surface area contributed by atoms with Crippen LogP contribution in [0.2, 0.25) is 0 Å². The minimum absolute atomic E-state index is 0.0349. The summed E-state index contributed by atoms with van der Waals surface area (Å²) in [6.07, 6.45) is 2.13. The third kappa shape index (κ3) is 3.99. The zero-order valence-electron chi connectivity index (χ0n) is 10.0. The Morgan fingerprint density at radius 1 is 1.59 bits per heavy atom. The summed E-state index contributed by atoms with van der Waals surface area (Å²) >= 11 is 0. The van der Waals surface area contributed by atoms with Crippen molar-refractivity contribution in [2.24, 2.45) is 5.41 Å². The van der Waals surface area contributed by atoms with Gasteiger partial charge in [-0.25, -0.2) is 4.98 Å². The fourth-order valence-electron chi connectivity index (χ4n) is 1.39. The van der Waals surface area contributed by atoms with E-state index in [0.717, 1.165) is 0 Å². The molecule has 0 saturated heterocycles. The number of hydrogen-bond donors (Lipinski definition) is 2. The number of nitro groups is 1. The lowest BCUT2D eigenvalue weighted by Crippen LogP contribution is -2.24. The number of pyridine rings is 1. The number of aliphatic hydroxyl groups excluding tert-OH is 1. The summed E-state index contributed by atoms with van der Waals surface area (Å²) in [4.78, 5) is 14.2. The fourth-order valence-corrected chi connectivity index (χ4v) is 1.39. The van der Waals surface area contributed by atoms with Gasteiger partial charge in [0.25, 0.3) is 0 Å². The molecule has 1 rings (SSSR count). The first-order valence-corrected chi connectivity index (χ1v) is 5.40. The molecule has 0 spiro atoms. The number of aliphatic hydroxyl groups is 1. The smallest absolute Gasteiger partial charge is 0.311 e. The van der Waals surface area contributed by atoms with Gasteiger partial charge in [-0.3, -0.25) is 10.1 Å². The van der Waals surface area contributed by atoms with Crippen LogP contribution in [-0.2, 0) is 0 Å². The van der Waals surface area contributed by atoms with Gasteiger partial charge in [-0.05, 0) is 17.9 Å². The van der Waals surface area contributed by atoms with Crippen LogP contribution in [0.15, 0.2) is 18.3 Å². The lowest BCUT2D eigenvalue weighted by molar-refractivity contribution is -0.384. The molecule has 0 amide bonds. The summed E-state index contributed by atoms with van der Waals surface area (Å²) in [5.41, 5.74) is -0.174. The number of nitrogens with one attached hydrogen (secondary N) is 1. The number of hydrogen-bond acceptors (Lipinski definition) is 5. The molecule has 0 aliphatic heterocycles. The zero-order chi connectivity index (χ0) is 12.9. The molecule has 6 nitrogen and oxygen atoms in total. The van der Waals surface area contributed by atoms with Crippen LogP contribution in [0.25, 0.3) is 0 Å². The van der Waals surface area contributed by atoms with Crippen LogP contribution < -0.4 is 5.32 Å². The van der Waals surface area contributed by atoms with Gasteiger partial charge in [0.1, 0.15) is 0 Å². The van der Waals surface area contributed by atoms with Crippen LogP contribution in [0.5, 0.6) is 0 Å². The van der Waals surface area contributed by atoms with Gasteiger partial charge < -0.3 is 10.4 Å². The maximum absolute atomic E-state index is 10.8. The van der Waals surface area contributed by atoms with E-state index < -0.39 is 4.92 Å². The van der Waals surface area contributed by atoms with E-state index in [0.29, 0.717) is 13.0 Å². The van der Waals surface area contributed by atoms with E-state index >= 15 is 0 Å². The predicted molar refractivity (Wildman–Crippen MR) is 64.9 cm³/mol. The highest BCUT2D eigenvalue weighted by molar-refractivity contribution is 5.55. The van der Waals surface area contributed by atoms with E-state index in [2.05, 4.69) is 10.3 Å². The molecule has 1 aromatic heterocycles. The molecule has 0 bridgehead atoms. The Labute approximate surface area is 99.8 Å². The van der Waals surface area contributed by atoms with Gasteiger partial charge in [0.15, 0.2) is 0 Å². The van der Waals surface area contributed by atoms with Crippen LogP contribution >= 0.6 is 0 Å². The van der Waals surface area contributed by atoms with Crippen LogP contribution in [0.4, 0.5) is 11.5 Å². The Kier molecular flexibility index (Phi) is 4.39. The SMILES string of the molecule is CC(C)(CCO)CNc1ncccc1[N+](=O)[O-]. The standard InChI is InChI=1S/C11H17N3O3/c1-11(2,5-7-15)8-13-10-9(14(16)17)4-3-6-12-10/h3-4,6,15H,5,7-8H2,1-2H3,(H,12,13). The van der Waals surface area contributed by atoms with E-state index in [1.807, 2.05) is 13.8 Å². The average molecular weight is 239 g/mol. The third-order valence-electron chi connectivity index (χ3n) is 2.51. The van der Waals surface area contributed by atoms with E-state index in [1.54, 1.807) is 0 Å². The molecule has 0 atom stereocenters. The maximum Gasteiger partial charge on any atom is 0.311 e. The lowest BCUT2D eigenvalue weighted by atomic mass is 9.90. The molecule has 17 heavy (non-hydrogen) atoms. The van der Waals surface area contributed by atoms with Crippen molar-refractivity contribution in [1.29, 1.82) is 0 Å². The highest BCUT2D eigenvalue weighted by Crippen LogP contribution is 2.24. The highest BCUT2D eigenvalue weighted by Gasteiger charge is 2.20. The Morgan fingerprint density at radius 2 is 2.29 bits per heavy atom. The summed E-state index contributed by atoms with van der Waals surface area (Å²) in [5, 5.41) is 22.6. The quantitative estimate of drug-likeness (QED) is 0.583. The molecular weight excluding hydrogens is 222 g/mol. The molecule has 0 fully saturated rings. The van der Waals surface area contributed by atoms with Crippen LogP contribution in [-0.4, -0.2) is 28.2 Å². The molecule has 2 N–H and O–H groups in total. The summed E-state index contributed by atoms with van der Waals surface area (Å²) in [5.74, 6) is 0.267. The van der Waals surface area contributed by atoms with Gasteiger partial charge >= 0.3 is 5.69 Å². The van der Waals surface area contributed by atoms with E-state index in [9.17, 15) is 10.1 Å². The average Bonchev–Trinajstić information content (AvgIpc) is 2.27. The molecule has 0 radical (unpaired) electrons. The molecule has 0 aromatic carbocycles. The monoisotopic (exact) mass is 239 g/mol. The molecular formula is C11H17N3O3. The highest BCUT2D eigenvalue weighted by atomic mass is 16.6. The Bertz CT molecular complexity index is 393. The van der Waals surface area contributed by atoms with Crippen LogP contribution in [0.3, 0.4) is 0 Å². The van der Waals surface area contributed by atoms with E-state index in [-0.39, 0.29) is 23.5 Å². The van der Waals surface area contributed by atoms with E-state index in [1.165, 1.54) is 18.3 Å². The second-order valence-corrected chi connectivity index (χ2v) is 4.62. The second kappa shape index (κ2) is 5.58. The number of aromatic nitrogens is 1. The van der Waals surface area contributed by atoms with Gasteiger partial charge in [-0.15, -0.1) is 0 Å². The van der Waals surface area contributed by atoms with Gasteiger partial charge in [-0.2, -0.15) is 0 Å². The number of rotatable bonds is 6. The van der Waals surface area contributed by atoms with Gasteiger partial charge in [0, 0.05) is 25.4 Å². The Balaban J connectivity index is 2.72. The summed E-state index contributed by atoms with van der Waals surface area (Å²) in [6.45, 7) is 4.57. The topological polar surface area (TPSA) is 88.3 Å². The number of anilines is 1. The Hall–Kier alpha value is -1.69. The normalized spacial score (nSPS) is 11.2. The van der Waals surface area contributed by atoms with Crippen molar-refractivity contribution in [3.63, 3.8) is 0 Å². The van der Waals surface area contributed by atoms with E-state index in [4.69, 9.17) is 5.11 Å². The van der Waals surface area contributed by atoms with Crippen molar-refractivity contribution < 1.29 is 10.0 Å². The molecule has 0 unspecified atom stereocenters. The predicted octanol–water partition coefficient (Wildman–Crippen LogP) is 1.81. The first-order valence-electron chi connectivity index (χ1n) is 5.40. The molecule has 0 aliphatic carbocycles. The van der Waals surface area contributed by atoms with Crippen molar-refractivity contribution in [2.45, 2.75) is 20.3 Å². The molecule has 1 heterocycles. The minimum atomic E-state index is -0.464. The van der Waals surface area contributed by atoms with Crippen molar-refractivity contribution in [2.75, 3.05) is 18.5 Å². The Morgan fingerprint density at radius 3 is 2.88 bits per heavy atom.